The first-order valence-corrected chi connectivity index (χ1v) is 11.5. The third-order valence-electron chi connectivity index (χ3n) is 4.64. The Morgan fingerprint density at radius 2 is 1.76 bits per heavy atom. The third kappa shape index (κ3) is 5.59. The molecule has 2 N–H and O–H groups in total. The number of thioether (sulfide) groups is 1. The maximum absolute atomic E-state index is 12.4. The molecule has 0 unspecified atom stereocenters. The summed E-state index contributed by atoms with van der Waals surface area (Å²) in [5.74, 6) is 0.517. The number of benzene rings is 2. The van der Waals surface area contributed by atoms with E-state index in [1.54, 1.807) is 36.7 Å². The Hall–Kier alpha value is -4.18. The van der Waals surface area contributed by atoms with Gasteiger partial charge in [-0.15, -0.1) is 10.2 Å². The summed E-state index contributed by atoms with van der Waals surface area (Å²) in [6.07, 6.45) is 3.40. The van der Waals surface area contributed by atoms with Gasteiger partial charge in [-0.1, -0.05) is 30.0 Å². The normalized spacial score (nSPS) is 10.5. The van der Waals surface area contributed by atoms with Crippen molar-refractivity contribution in [3.05, 3.63) is 84.7 Å². The van der Waals surface area contributed by atoms with Gasteiger partial charge in [0, 0.05) is 29.2 Å². The van der Waals surface area contributed by atoms with E-state index in [0.29, 0.717) is 28.9 Å². The second-order valence-corrected chi connectivity index (χ2v) is 7.91. The van der Waals surface area contributed by atoms with Crippen molar-refractivity contribution in [3.63, 3.8) is 0 Å². The van der Waals surface area contributed by atoms with Gasteiger partial charge >= 0.3 is 0 Å². The zero-order valence-electron chi connectivity index (χ0n) is 18.3. The van der Waals surface area contributed by atoms with Crippen molar-refractivity contribution in [2.75, 3.05) is 12.4 Å². The summed E-state index contributed by atoms with van der Waals surface area (Å²) in [7, 11) is 0. The lowest BCUT2D eigenvalue weighted by atomic mass is 10.2. The summed E-state index contributed by atoms with van der Waals surface area (Å²) < 4.78 is 7.23. The van der Waals surface area contributed by atoms with Crippen LogP contribution in [0.2, 0.25) is 0 Å². The first-order valence-electron chi connectivity index (χ1n) is 10.5. The van der Waals surface area contributed by atoms with Crippen LogP contribution in [0, 0.1) is 0 Å². The number of hydrazine groups is 1. The molecule has 0 spiro atoms. The summed E-state index contributed by atoms with van der Waals surface area (Å²) in [4.78, 5) is 28.8. The Bertz CT molecular complexity index is 1250. The molecule has 0 radical (unpaired) electrons. The summed E-state index contributed by atoms with van der Waals surface area (Å²) in [5.41, 5.74) is 6.92. The lowest BCUT2D eigenvalue weighted by molar-refractivity contribution is -0.119. The van der Waals surface area contributed by atoms with E-state index < -0.39 is 5.91 Å². The maximum Gasteiger partial charge on any atom is 0.269 e. The number of hydrogen-bond acceptors (Lipinski definition) is 7. The van der Waals surface area contributed by atoms with Gasteiger partial charge in [-0.3, -0.25) is 30.0 Å². The van der Waals surface area contributed by atoms with Gasteiger partial charge < -0.3 is 4.74 Å². The first-order chi connectivity index (χ1) is 16.7. The molecule has 0 bridgehead atoms. The Morgan fingerprint density at radius 3 is 2.47 bits per heavy atom. The molecule has 0 saturated carbocycles. The highest BCUT2D eigenvalue weighted by Gasteiger charge is 2.17. The lowest BCUT2D eigenvalue weighted by Gasteiger charge is -2.11. The smallest absolute Gasteiger partial charge is 0.269 e. The summed E-state index contributed by atoms with van der Waals surface area (Å²) in [6.45, 7) is 2.43. The molecule has 2 aromatic carbocycles. The van der Waals surface area contributed by atoms with Crippen molar-refractivity contribution >= 4 is 23.6 Å². The van der Waals surface area contributed by atoms with E-state index in [2.05, 4.69) is 26.0 Å². The molecule has 0 aliphatic carbocycles. The number of aromatic nitrogens is 4. The Balaban J connectivity index is 1.41. The molecule has 0 aliphatic rings. The Kier molecular flexibility index (Phi) is 7.51. The van der Waals surface area contributed by atoms with Gasteiger partial charge in [0.15, 0.2) is 11.0 Å². The van der Waals surface area contributed by atoms with Gasteiger partial charge in [-0.25, -0.2) is 0 Å². The zero-order valence-corrected chi connectivity index (χ0v) is 19.2. The molecular weight excluding hydrogens is 452 g/mol. The molecule has 10 heteroatoms. The van der Waals surface area contributed by atoms with Gasteiger partial charge in [-0.2, -0.15) is 0 Å². The monoisotopic (exact) mass is 474 g/mol. The van der Waals surface area contributed by atoms with Crippen LogP contribution in [0.1, 0.15) is 17.3 Å². The second kappa shape index (κ2) is 11.1. The van der Waals surface area contributed by atoms with Crippen LogP contribution < -0.4 is 15.6 Å². The number of hydrogen-bond donors (Lipinski definition) is 2. The van der Waals surface area contributed by atoms with E-state index in [-0.39, 0.29) is 11.7 Å². The number of rotatable bonds is 8. The number of carbonyl (C=O) groups is 2. The van der Waals surface area contributed by atoms with Gasteiger partial charge in [0.05, 0.1) is 12.4 Å². The molecular formula is C24H22N6O3S. The number of pyridine rings is 1. The van der Waals surface area contributed by atoms with Gasteiger partial charge in [0.2, 0.25) is 5.91 Å². The number of ether oxygens (including phenoxy) is 1. The van der Waals surface area contributed by atoms with Crippen LogP contribution in [0.15, 0.2) is 84.3 Å². The quantitative estimate of drug-likeness (QED) is 0.298. The van der Waals surface area contributed by atoms with E-state index in [4.69, 9.17) is 4.74 Å². The number of para-hydroxylation sites is 1. The van der Waals surface area contributed by atoms with Crippen molar-refractivity contribution in [3.8, 4) is 22.8 Å². The van der Waals surface area contributed by atoms with Gasteiger partial charge in [0.1, 0.15) is 5.75 Å². The fourth-order valence-electron chi connectivity index (χ4n) is 3.09. The van der Waals surface area contributed by atoms with Crippen molar-refractivity contribution in [1.82, 2.24) is 30.6 Å². The molecule has 4 aromatic rings. The molecule has 2 heterocycles. The number of nitrogens with zero attached hydrogens (tertiary/aromatic N) is 4. The molecule has 2 amide bonds. The molecule has 0 saturated heterocycles. The van der Waals surface area contributed by atoms with Crippen molar-refractivity contribution < 1.29 is 14.3 Å². The lowest BCUT2D eigenvalue weighted by Crippen LogP contribution is -2.42. The highest BCUT2D eigenvalue weighted by molar-refractivity contribution is 7.99. The van der Waals surface area contributed by atoms with Crippen LogP contribution in [0.4, 0.5) is 0 Å². The molecule has 34 heavy (non-hydrogen) atoms. The largest absolute Gasteiger partial charge is 0.494 e. The molecule has 2 aromatic heterocycles. The van der Waals surface area contributed by atoms with E-state index in [0.717, 1.165) is 11.3 Å². The van der Waals surface area contributed by atoms with E-state index in [9.17, 15) is 9.59 Å². The maximum atomic E-state index is 12.4. The van der Waals surface area contributed by atoms with Crippen LogP contribution in [0.5, 0.6) is 5.75 Å². The molecule has 4 rings (SSSR count). The SMILES string of the molecule is CCOc1ccc(C(=O)NNC(=O)CSc2nnc(-c3cccnc3)n2-c2ccccc2)cc1. The topological polar surface area (TPSA) is 111 Å². The van der Waals surface area contributed by atoms with Crippen molar-refractivity contribution in [1.29, 1.82) is 0 Å². The fraction of sp³-hybridized carbons (Fsp3) is 0.125. The Morgan fingerprint density at radius 1 is 0.971 bits per heavy atom. The molecule has 9 nitrogen and oxygen atoms in total. The van der Waals surface area contributed by atoms with Crippen LogP contribution in [-0.4, -0.2) is 43.9 Å². The van der Waals surface area contributed by atoms with Crippen LogP contribution in [0.3, 0.4) is 0 Å². The van der Waals surface area contributed by atoms with Gasteiger partial charge in [0.25, 0.3) is 5.91 Å². The van der Waals surface area contributed by atoms with Crippen molar-refractivity contribution in [2.24, 2.45) is 0 Å². The molecule has 172 valence electrons. The Labute approximate surface area is 200 Å². The summed E-state index contributed by atoms with van der Waals surface area (Å²) in [6, 6.07) is 20.0. The predicted octanol–water partition coefficient (Wildman–Crippen LogP) is 3.28. The summed E-state index contributed by atoms with van der Waals surface area (Å²) in [5, 5.41) is 9.13. The minimum absolute atomic E-state index is 0.0293. The fourth-order valence-corrected chi connectivity index (χ4v) is 3.84. The molecule has 0 atom stereocenters. The predicted molar refractivity (Wildman–Crippen MR) is 129 cm³/mol. The highest BCUT2D eigenvalue weighted by atomic mass is 32.2. The number of carbonyl (C=O) groups excluding carboxylic acids is 2. The van der Waals surface area contributed by atoms with E-state index >= 15 is 0 Å². The number of nitrogens with one attached hydrogen (secondary N) is 2. The van der Waals surface area contributed by atoms with Crippen LogP contribution in [0.25, 0.3) is 17.1 Å². The molecule has 0 aliphatic heterocycles. The van der Waals surface area contributed by atoms with E-state index in [1.807, 2.05) is 54.0 Å². The summed E-state index contributed by atoms with van der Waals surface area (Å²) >= 11 is 1.21. The zero-order chi connectivity index (χ0) is 23.8. The standard InChI is InChI=1S/C24H22N6O3S/c1-2-33-20-12-10-17(11-13-20)23(32)28-26-21(31)16-34-24-29-27-22(18-7-6-14-25-15-18)30(24)19-8-4-3-5-9-19/h3-15H,2,16H2,1H3,(H,26,31)(H,28,32). The second-order valence-electron chi connectivity index (χ2n) is 6.97. The average Bonchev–Trinajstić information content (AvgIpc) is 3.32. The third-order valence-corrected chi connectivity index (χ3v) is 5.57. The van der Waals surface area contributed by atoms with Crippen LogP contribution >= 0.6 is 11.8 Å². The van der Waals surface area contributed by atoms with E-state index in [1.165, 1.54) is 11.8 Å². The first kappa shape index (κ1) is 23.0. The molecule has 0 fully saturated rings. The minimum atomic E-state index is -0.423. The number of amides is 2. The minimum Gasteiger partial charge on any atom is -0.494 e. The average molecular weight is 475 g/mol. The van der Waals surface area contributed by atoms with Gasteiger partial charge in [-0.05, 0) is 55.5 Å². The highest BCUT2D eigenvalue weighted by Crippen LogP contribution is 2.27. The van der Waals surface area contributed by atoms with Crippen LogP contribution in [-0.2, 0) is 4.79 Å². The van der Waals surface area contributed by atoms with Crippen molar-refractivity contribution in [2.45, 2.75) is 12.1 Å².